The molecule has 2 aliphatic carbocycles. The van der Waals surface area contributed by atoms with Crippen molar-refractivity contribution in [2.45, 2.75) is 181 Å². The lowest BCUT2D eigenvalue weighted by Crippen LogP contribution is -2.55. The number of ether oxygens (including phenoxy) is 7. The van der Waals surface area contributed by atoms with Gasteiger partial charge >= 0.3 is 22.4 Å². The summed E-state index contributed by atoms with van der Waals surface area (Å²) >= 11 is 0. The minimum absolute atomic E-state index is 0.0464. The van der Waals surface area contributed by atoms with Crippen molar-refractivity contribution in [3.05, 3.63) is 100 Å². The molecular weight excluding hydrogens is 1300 g/mol. The Bertz CT molecular complexity index is 3960. The normalized spacial score (nSPS) is 20.7. The standard InChI is InChI=1S/C69H90N12O17S/c1-38(2)59(73-58(82)32-69(8,9)97-37-68(6,7)76-99(90,91)75-66(88)98-60-45-20-22-49-51(23-21-46(45)60)78(10)77-74-49)62(84)71-41(5)61(83)72-43-18-16-42(17-19-43)36-96-67(89)81-52-31-57(55(93-12)29-48(52)64(86)80-35-40(4)27-53(80)65(81)87)95-25-15-13-14-24-94-56-30-50-47(28-54(56)92-11)63(85)79-34-39(3)26-44(79)33-70-50/h16-19,28-31,33-35,38,41,44-46,53,59-60,65,76,87H,13-15,20-27,32,36-37H2,1-12H3,(H,71,84)(H,72,83)(H,73,82)(H,75,88)/t41-,44-,45+,46-,53-,59-,60?,65-/m0/s1. The molecule has 0 radical (unpaired) electrons. The number of aliphatic imine (C=N–C) groups is 1. The average molecular weight is 1390 g/mol. The number of hydrogen-bond acceptors (Lipinski definition) is 20. The SMILES string of the molecule is COc1cc2c(cc1OCCCCCOc1cc3c(cc1OC)C(=O)N1C=C(C)C[C@H]1[C@H](O)N3C(=O)OCc1ccc(NC(=O)[C@H](C)NC(=O)[C@@H](NC(=O)CC(C)(C)OCC(C)(C)NS(=O)(=O)NC(=O)OC3[C@H]4CCc5c(nnn5C)CC[C@@H]34)C(C)C)cc1)N=C[C@@H]1CC(C)=CN1C2=O. The van der Waals surface area contributed by atoms with Crippen LogP contribution in [0.25, 0.3) is 0 Å². The molecule has 7 amide bonds. The number of amides is 7. The van der Waals surface area contributed by atoms with Crippen molar-refractivity contribution in [1.82, 2.24) is 44.9 Å². The zero-order valence-corrected chi connectivity index (χ0v) is 58.8. The Kier molecular flexibility index (Phi) is 22.1. The number of methoxy groups -OCH3 is 2. The lowest BCUT2D eigenvalue weighted by atomic mass is 10.00. The zero-order valence-electron chi connectivity index (χ0n) is 58.0. The van der Waals surface area contributed by atoms with Crippen LogP contribution in [0.5, 0.6) is 23.0 Å². The fourth-order valence-corrected chi connectivity index (χ4v) is 14.2. The summed E-state index contributed by atoms with van der Waals surface area (Å²) in [6, 6.07) is 9.62. The highest BCUT2D eigenvalue weighted by atomic mass is 32.2. The van der Waals surface area contributed by atoms with E-state index < -0.39 is 93.5 Å². The Morgan fingerprint density at radius 1 is 0.778 bits per heavy atom. The lowest BCUT2D eigenvalue weighted by Gasteiger charge is -2.32. The predicted molar refractivity (Wildman–Crippen MR) is 363 cm³/mol. The van der Waals surface area contributed by atoms with Gasteiger partial charge in [0.15, 0.2) is 29.2 Å². The summed E-state index contributed by atoms with van der Waals surface area (Å²) < 4.78 is 73.5. The van der Waals surface area contributed by atoms with Gasteiger partial charge in [0.05, 0.1) is 97.6 Å². The van der Waals surface area contributed by atoms with E-state index in [9.17, 15) is 47.1 Å². The van der Waals surface area contributed by atoms with Crippen LogP contribution in [0, 0.1) is 17.8 Å². The van der Waals surface area contributed by atoms with Crippen molar-refractivity contribution in [2.75, 3.05) is 44.3 Å². The number of nitrogens with one attached hydrogen (secondary N) is 5. The quantitative estimate of drug-likeness (QED) is 0.0322. The molecule has 4 aliphatic heterocycles. The number of carbonyl (C=O) groups excluding carboxylic acids is 7. The molecule has 5 heterocycles. The third kappa shape index (κ3) is 17.3. The van der Waals surface area contributed by atoms with E-state index in [4.69, 9.17) is 33.2 Å². The van der Waals surface area contributed by atoms with Crippen LogP contribution in [0.1, 0.15) is 151 Å². The van der Waals surface area contributed by atoms with Gasteiger partial charge in [-0.3, -0.25) is 33.6 Å². The van der Waals surface area contributed by atoms with E-state index in [-0.39, 0.29) is 79.2 Å². The van der Waals surface area contributed by atoms with Crippen LogP contribution in [0.3, 0.4) is 0 Å². The number of aryl methyl sites for hydroxylation is 2. The topological polar surface area (TPSA) is 351 Å². The van der Waals surface area contributed by atoms with E-state index >= 15 is 0 Å². The zero-order chi connectivity index (χ0) is 71.4. The van der Waals surface area contributed by atoms with E-state index in [2.05, 4.69) is 36.0 Å². The third-order valence-corrected chi connectivity index (χ3v) is 19.6. The molecular formula is C69H90N12O17S. The number of aromatic nitrogens is 3. The highest BCUT2D eigenvalue weighted by Gasteiger charge is 2.53. The van der Waals surface area contributed by atoms with Crippen molar-refractivity contribution >= 4 is 75.2 Å². The number of unbranched alkanes of at least 4 members (excludes halogenated alkanes) is 2. The highest BCUT2D eigenvalue weighted by Crippen LogP contribution is 2.49. The second-order valence-corrected chi connectivity index (χ2v) is 29.2. The fraction of sp³-hybridized carbons (Fsp3) is 0.536. The highest BCUT2D eigenvalue weighted by molar-refractivity contribution is 7.88. The van der Waals surface area contributed by atoms with Crippen LogP contribution in [-0.2, 0) is 65.3 Å². The molecule has 29 nitrogen and oxygen atoms in total. The maximum Gasteiger partial charge on any atom is 0.422 e. The second kappa shape index (κ2) is 30.1. The summed E-state index contributed by atoms with van der Waals surface area (Å²) in [6.07, 6.45) is 6.87. The first-order chi connectivity index (χ1) is 46.9. The summed E-state index contributed by atoms with van der Waals surface area (Å²) in [5.41, 5.74) is 3.36. The van der Waals surface area contributed by atoms with Gasteiger partial charge in [-0.25, -0.2) is 19.2 Å². The lowest BCUT2D eigenvalue weighted by molar-refractivity contribution is -0.135. The van der Waals surface area contributed by atoms with Crippen molar-refractivity contribution in [3.8, 4) is 23.0 Å². The van der Waals surface area contributed by atoms with Crippen molar-refractivity contribution in [2.24, 2.45) is 29.8 Å². The maximum absolute atomic E-state index is 14.3. The van der Waals surface area contributed by atoms with E-state index in [0.29, 0.717) is 66.3 Å². The largest absolute Gasteiger partial charge is 0.493 e. The number of fused-ring (bicyclic) bond motifs is 6. The first-order valence-electron chi connectivity index (χ1n) is 33.3. The van der Waals surface area contributed by atoms with Gasteiger partial charge in [-0.15, -0.1) is 5.10 Å². The van der Waals surface area contributed by atoms with Crippen molar-refractivity contribution in [1.29, 1.82) is 0 Å². The molecule has 6 N–H and O–H groups in total. The number of carbonyl (C=O) groups is 7. The molecule has 0 spiro atoms. The molecule has 3 aromatic carbocycles. The third-order valence-electron chi connectivity index (χ3n) is 18.3. The number of benzene rings is 3. The van der Waals surface area contributed by atoms with Crippen LogP contribution in [0.15, 0.2) is 77.1 Å². The Balaban J connectivity index is 0.672. The number of aliphatic hydroxyl groups excluding tert-OH is 1. The summed E-state index contributed by atoms with van der Waals surface area (Å²) in [7, 11) is 0.377. The summed E-state index contributed by atoms with van der Waals surface area (Å²) in [5, 5.41) is 28.5. The smallest absolute Gasteiger partial charge is 0.422 e. The molecule has 10 rings (SSSR count). The van der Waals surface area contributed by atoms with Gasteiger partial charge in [-0.1, -0.05) is 42.3 Å². The van der Waals surface area contributed by atoms with Crippen molar-refractivity contribution < 1.29 is 80.2 Å². The molecule has 0 saturated heterocycles. The van der Waals surface area contributed by atoms with Crippen LogP contribution in [0.4, 0.5) is 26.7 Å². The molecule has 534 valence electrons. The van der Waals surface area contributed by atoms with E-state index in [1.165, 1.54) is 38.2 Å². The van der Waals surface area contributed by atoms with Crippen LogP contribution in [-0.4, -0.2) is 168 Å². The average Bonchev–Trinajstić information content (AvgIpc) is 1.32. The molecule has 99 heavy (non-hydrogen) atoms. The molecule has 1 fully saturated rings. The van der Waals surface area contributed by atoms with Gasteiger partial charge in [0.2, 0.25) is 17.7 Å². The fourth-order valence-electron chi connectivity index (χ4n) is 13.1. The number of nitrogens with zero attached hydrogens (tertiary/aromatic N) is 7. The van der Waals surface area contributed by atoms with Crippen molar-refractivity contribution in [3.63, 3.8) is 0 Å². The predicted octanol–water partition coefficient (Wildman–Crippen LogP) is 7.19. The number of rotatable bonds is 27. The van der Waals surface area contributed by atoms with Crippen LogP contribution in [0.2, 0.25) is 0 Å². The summed E-state index contributed by atoms with van der Waals surface area (Å²) in [4.78, 5) is 104. The Labute approximate surface area is 575 Å². The molecule has 0 bridgehead atoms. The van der Waals surface area contributed by atoms with Gasteiger partial charge < -0.3 is 64.0 Å². The summed E-state index contributed by atoms with van der Waals surface area (Å²) in [6.45, 7) is 15.2. The van der Waals surface area contributed by atoms with Gasteiger partial charge in [0, 0.05) is 55.3 Å². The molecule has 6 aliphatic rings. The Morgan fingerprint density at radius 3 is 2.09 bits per heavy atom. The van der Waals surface area contributed by atoms with E-state index in [1.54, 1.807) is 99.9 Å². The summed E-state index contributed by atoms with van der Waals surface area (Å²) in [5.74, 6) is -1.25. The van der Waals surface area contributed by atoms with Gasteiger partial charge in [-0.05, 0) is 142 Å². The molecule has 30 heteroatoms. The van der Waals surface area contributed by atoms with E-state index in [1.807, 2.05) is 31.8 Å². The first-order valence-corrected chi connectivity index (χ1v) is 34.8. The minimum atomic E-state index is -4.42. The molecule has 1 aromatic heterocycles. The second-order valence-electron chi connectivity index (χ2n) is 27.7. The van der Waals surface area contributed by atoms with Crippen LogP contribution < -0.4 is 49.2 Å². The number of aliphatic hydroxyl groups is 1. The molecule has 4 aromatic rings. The first kappa shape index (κ1) is 72.6. The number of hydrogen-bond donors (Lipinski definition) is 6. The Hall–Kier alpha value is -9.13. The van der Waals surface area contributed by atoms with Gasteiger partial charge in [0.1, 0.15) is 24.8 Å². The number of anilines is 2. The van der Waals surface area contributed by atoms with Gasteiger partial charge in [0.25, 0.3) is 11.8 Å². The van der Waals surface area contributed by atoms with Gasteiger partial charge in [-0.2, -0.15) is 13.1 Å². The monoisotopic (exact) mass is 1390 g/mol. The van der Waals surface area contributed by atoms with Crippen LogP contribution >= 0.6 is 0 Å². The molecule has 1 saturated carbocycles. The minimum Gasteiger partial charge on any atom is -0.493 e. The van der Waals surface area contributed by atoms with E-state index in [0.717, 1.165) is 53.1 Å². The Morgan fingerprint density at radius 2 is 1.41 bits per heavy atom. The molecule has 8 atom stereocenters. The maximum atomic E-state index is 14.3. The molecule has 1 unspecified atom stereocenters.